The molecule has 1 aliphatic heterocycles. The lowest BCUT2D eigenvalue weighted by Gasteiger charge is -2.21. The zero-order valence-electron chi connectivity index (χ0n) is 15.7. The van der Waals surface area contributed by atoms with E-state index >= 15 is 0 Å². The Hall–Kier alpha value is -2.59. The average molecular weight is 408 g/mol. The molecule has 9 nitrogen and oxygen atoms in total. The third kappa shape index (κ3) is 4.82. The van der Waals surface area contributed by atoms with Gasteiger partial charge in [-0.1, -0.05) is 0 Å². The minimum atomic E-state index is -3.62. The summed E-state index contributed by atoms with van der Waals surface area (Å²) in [6.07, 6.45) is 3.18. The van der Waals surface area contributed by atoms with E-state index in [1.54, 1.807) is 29.2 Å². The number of imidazole rings is 1. The van der Waals surface area contributed by atoms with Crippen LogP contribution >= 0.6 is 0 Å². The summed E-state index contributed by atoms with van der Waals surface area (Å²) in [5, 5.41) is 0.0612. The molecule has 2 aromatic rings. The molecule has 152 valence electrons. The molecule has 0 saturated carbocycles. The standard InChI is InChI=1S/C18H24N4O5S/c1-2-26-15-4-6-16(7-5-15)27-13-18(23)21-8-3-9-22(11-10-21)28(24,25)17-12-19-14-20-17/h4-7,12,14H,2-3,8-11,13H2,1H3,(H,19,20). The van der Waals surface area contributed by atoms with Gasteiger partial charge in [-0.15, -0.1) is 0 Å². The van der Waals surface area contributed by atoms with Crippen molar-refractivity contribution in [2.75, 3.05) is 39.4 Å². The highest BCUT2D eigenvalue weighted by molar-refractivity contribution is 7.89. The van der Waals surface area contributed by atoms with E-state index < -0.39 is 10.0 Å². The lowest BCUT2D eigenvalue weighted by atomic mass is 10.3. The predicted molar refractivity (Wildman–Crippen MR) is 102 cm³/mol. The summed E-state index contributed by atoms with van der Waals surface area (Å²) in [6, 6.07) is 7.07. The van der Waals surface area contributed by atoms with Crippen LogP contribution in [0.25, 0.3) is 0 Å². The average Bonchev–Trinajstić information content (AvgIpc) is 3.13. The Labute approximate surface area is 164 Å². The zero-order valence-corrected chi connectivity index (χ0v) is 16.5. The maximum Gasteiger partial charge on any atom is 0.260 e. The van der Waals surface area contributed by atoms with Gasteiger partial charge in [0, 0.05) is 26.2 Å². The molecular weight excluding hydrogens is 384 g/mol. The Morgan fingerprint density at radius 2 is 1.82 bits per heavy atom. The van der Waals surface area contributed by atoms with Gasteiger partial charge in [-0.3, -0.25) is 4.79 Å². The van der Waals surface area contributed by atoms with E-state index in [0.717, 1.165) is 5.75 Å². The molecule has 10 heteroatoms. The third-order valence-electron chi connectivity index (χ3n) is 4.40. The van der Waals surface area contributed by atoms with Crippen LogP contribution in [0.4, 0.5) is 0 Å². The van der Waals surface area contributed by atoms with Gasteiger partial charge < -0.3 is 19.4 Å². The summed E-state index contributed by atoms with van der Waals surface area (Å²) >= 11 is 0. The largest absolute Gasteiger partial charge is 0.494 e. The van der Waals surface area contributed by atoms with Gasteiger partial charge >= 0.3 is 0 Å². The second-order valence-electron chi connectivity index (χ2n) is 6.25. The second-order valence-corrected chi connectivity index (χ2v) is 8.15. The van der Waals surface area contributed by atoms with Crippen molar-refractivity contribution in [3.63, 3.8) is 0 Å². The molecule has 28 heavy (non-hydrogen) atoms. The van der Waals surface area contributed by atoms with Gasteiger partial charge in [-0.25, -0.2) is 13.4 Å². The number of nitrogens with one attached hydrogen (secondary N) is 1. The van der Waals surface area contributed by atoms with Crippen LogP contribution in [0, 0.1) is 0 Å². The molecule has 1 fully saturated rings. The smallest absolute Gasteiger partial charge is 0.260 e. The molecule has 1 amide bonds. The van der Waals surface area contributed by atoms with Crippen LogP contribution in [0.5, 0.6) is 11.5 Å². The van der Waals surface area contributed by atoms with Gasteiger partial charge in [-0.05, 0) is 37.6 Å². The van der Waals surface area contributed by atoms with Crippen molar-refractivity contribution in [3.8, 4) is 11.5 Å². The highest BCUT2D eigenvalue weighted by Crippen LogP contribution is 2.18. The summed E-state index contributed by atoms with van der Waals surface area (Å²) in [4.78, 5) is 20.5. The lowest BCUT2D eigenvalue weighted by Crippen LogP contribution is -2.39. The number of hydrogen-bond acceptors (Lipinski definition) is 6. The number of aromatic nitrogens is 2. The highest BCUT2D eigenvalue weighted by Gasteiger charge is 2.29. The van der Waals surface area contributed by atoms with Gasteiger partial charge in [-0.2, -0.15) is 4.31 Å². The first-order chi connectivity index (χ1) is 13.5. The van der Waals surface area contributed by atoms with Gasteiger partial charge in [0.1, 0.15) is 11.5 Å². The van der Waals surface area contributed by atoms with Crippen molar-refractivity contribution in [2.24, 2.45) is 0 Å². The van der Waals surface area contributed by atoms with Crippen molar-refractivity contribution in [3.05, 3.63) is 36.8 Å². The topological polar surface area (TPSA) is 105 Å². The molecule has 0 unspecified atom stereocenters. The molecule has 1 saturated heterocycles. The normalized spacial score (nSPS) is 15.8. The van der Waals surface area contributed by atoms with Crippen molar-refractivity contribution in [1.29, 1.82) is 0 Å². The van der Waals surface area contributed by atoms with Crippen LogP contribution in [-0.2, 0) is 14.8 Å². The second kappa shape index (κ2) is 9.07. The van der Waals surface area contributed by atoms with E-state index in [4.69, 9.17) is 9.47 Å². The molecule has 1 aromatic carbocycles. The maximum atomic E-state index is 12.6. The van der Waals surface area contributed by atoms with E-state index in [-0.39, 0.29) is 24.1 Å². The van der Waals surface area contributed by atoms with Crippen molar-refractivity contribution < 1.29 is 22.7 Å². The number of carbonyl (C=O) groups excluding carboxylic acids is 1. The number of H-pyrrole nitrogens is 1. The Bertz CT molecular complexity index is 868. The van der Waals surface area contributed by atoms with E-state index in [9.17, 15) is 13.2 Å². The number of benzene rings is 1. The zero-order chi connectivity index (χ0) is 20.0. The van der Waals surface area contributed by atoms with E-state index in [1.807, 2.05) is 6.92 Å². The Kier molecular flexibility index (Phi) is 6.53. The summed E-state index contributed by atoms with van der Waals surface area (Å²) in [7, 11) is -3.62. The Balaban J connectivity index is 1.53. The van der Waals surface area contributed by atoms with Crippen LogP contribution < -0.4 is 9.47 Å². The number of carbonyl (C=O) groups is 1. The Morgan fingerprint density at radius 3 is 2.46 bits per heavy atom. The number of ether oxygens (including phenoxy) is 2. The number of nitrogens with zero attached hydrogens (tertiary/aromatic N) is 3. The highest BCUT2D eigenvalue weighted by atomic mass is 32.2. The molecule has 0 bridgehead atoms. The maximum absolute atomic E-state index is 12.6. The molecule has 3 rings (SSSR count). The number of hydrogen-bond donors (Lipinski definition) is 1. The molecule has 0 aliphatic carbocycles. The molecule has 1 N–H and O–H groups in total. The summed E-state index contributed by atoms with van der Waals surface area (Å²) < 4.78 is 37.5. The fourth-order valence-corrected chi connectivity index (χ4v) is 4.31. The Morgan fingerprint density at radius 1 is 1.11 bits per heavy atom. The molecule has 0 spiro atoms. The molecule has 2 heterocycles. The van der Waals surface area contributed by atoms with Gasteiger partial charge in [0.15, 0.2) is 11.6 Å². The minimum Gasteiger partial charge on any atom is -0.494 e. The number of aromatic amines is 1. The van der Waals surface area contributed by atoms with Crippen molar-refractivity contribution in [1.82, 2.24) is 19.2 Å². The van der Waals surface area contributed by atoms with Crippen molar-refractivity contribution in [2.45, 2.75) is 18.4 Å². The number of rotatable bonds is 7. The fraction of sp³-hybridized carbons (Fsp3) is 0.444. The molecule has 1 aromatic heterocycles. The van der Waals surface area contributed by atoms with Crippen LogP contribution in [-0.4, -0.2) is 72.9 Å². The van der Waals surface area contributed by atoms with Crippen molar-refractivity contribution >= 4 is 15.9 Å². The predicted octanol–water partition coefficient (Wildman–Crippen LogP) is 1.11. The SMILES string of the molecule is CCOc1ccc(OCC(=O)N2CCCN(S(=O)(=O)c3cnc[nH]3)CC2)cc1. The quantitative estimate of drug-likeness (QED) is 0.736. The summed E-state index contributed by atoms with van der Waals surface area (Å²) in [5.74, 6) is 1.15. The lowest BCUT2D eigenvalue weighted by molar-refractivity contribution is -0.133. The minimum absolute atomic E-state index is 0.0612. The van der Waals surface area contributed by atoms with E-state index in [2.05, 4.69) is 9.97 Å². The molecule has 0 radical (unpaired) electrons. The first kappa shape index (κ1) is 20.2. The van der Waals surface area contributed by atoms with Crippen LogP contribution in [0.2, 0.25) is 0 Å². The van der Waals surface area contributed by atoms with Crippen LogP contribution in [0.3, 0.4) is 0 Å². The summed E-state index contributed by atoms with van der Waals surface area (Å²) in [5.41, 5.74) is 0. The van der Waals surface area contributed by atoms with E-state index in [0.29, 0.717) is 38.4 Å². The first-order valence-electron chi connectivity index (χ1n) is 9.12. The summed E-state index contributed by atoms with van der Waals surface area (Å²) in [6.45, 7) is 3.79. The number of amides is 1. The third-order valence-corrected chi connectivity index (χ3v) is 6.22. The monoisotopic (exact) mass is 408 g/mol. The van der Waals surface area contributed by atoms with Crippen LogP contribution in [0.15, 0.2) is 41.8 Å². The molecular formula is C18H24N4O5S. The van der Waals surface area contributed by atoms with Crippen LogP contribution in [0.1, 0.15) is 13.3 Å². The van der Waals surface area contributed by atoms with Gasteiger partial charge in [0.05, 0.1) is 19.1 Å². The number of sulfonamides is 1. The van der Waals surface area contributed by atoms with Gasteiger partial charge in [0.25, 0.3) is 15.9 Å². The van der Waals surface area contributed by atoms with E-state index in [1.165, 1.54) is 16.8 Å². The van der Waals surface area contributed by atoms with Gasteiger partial charge in [0.2, 0.25) is 0 Å². The first-order valence-corrected chi connectivity index (χ1v) is 10.6. The molecule has 0 atom stereocenters. The molecule has 1 aliphatic rings. The fourth-order valence-electron chi connectivity index (χ4n) is 2.94.